The summed E-state index contributed by atoms with van der Waals surface area (Å²) in [7, 11) is 1.65. The largest absolute Gasteiger partial charge is 0.496 e. The molecule has 0 N–H and O–H groups in total. The number of carbonyl (C=O) groups is 1. The van der Waals surface area contributed by atoms with Gasteiger partial charge in [0.15, 0.2) is 5.78 Å². The molecule has 0 spiro atoms. The molecule has 2 aromatic carbocycles. The van der Waals surface area contributed by atoms with E-state index >= 15 is 0 Å². The molecule has 0 aliphatic rings. The van der Waals surface area contributed by atoms with E-state index < -0.39 is 0 Å². The molecule has 0 fully saturated rings. The third-order valence-corrected chi connectivity index (χ3v) is 3.70. The number of carbonyl (C=O) groups excluding carboxylic acids is 1. The minimum absolute atomic E-state index is 0.0574. The van der Waals surface area contributed by atoms with Crippen molar-refractivity contribution in [1.82, 2.24) is 0 Å². The van der Waals surface area contributed by atoms with E-state index in [4.69, 9.17) is 4.74 Å². The first-order valence-electron chi connectivity index (χ1n) is 6.71. The molecule has 2 heteroatoms. The fraction of sp³-hybridized carbons (Fsp3) is 0.278. The molecule has 0 amide bonds. The molecule has 0 unspecified atom stereocenters. The Hall–Kier alpha value is -2.09. The monoisotopic (exact) mass is 268 g/mol. The summed E-state index contributed by atoms with van der Waals surface area (Å²) in [5.41, 5.74) is 5.75. The molecule has 0 aromatic heterocycles. The predicted octanol–water partition coefficient (Wildman–Crippen LogP) is 4.16. The lowest BCUT2D eigenvalue weighted by Gasteiger charge is -2.11. The highest BCUT2D eigenvalue weighted by atomic mass is 16.5. The highest BCUT2D eigenvalue weighted by Gasteiger charge is 2.13. The van der Waals surface area contributed by atoms with Crippen LogP contribution in [0.5, 0.6) is 5.75 Å². The van der Waals surface area contributed by atoms with Crippen LogP contribution in [0.15, 0.2) is 30.3 Å². The Kier molecular flexibility index (Phi) is 3.93. The lowest BCUT2D eigenvalue weighted by Crippen LogP contribution is -2.04. The van der Waals surface area contributed by atoms with Gasteiger partial charge in [-0.15, -0.1) is 0 Å². The van der Waals surface area contributed by atoms with Crippen molar-refractivity contribution >= 4 is 5.78 Å². The number of benzene rings is 2. The second-order valence-electron chi connectivity index (χ2n) is 5.27. The highest BCUT2D eigenvalue weighted by molar-refractivity contribution is 6.09. The Morgan fingerprint density at radius 1 is 0.800 bits per heavy atom. The van der Waals surface area contributed by atoms with E-state index in [1.54, 1.807) is 7.11 Å². The molecule has 20 heavy (non-hydrogen) atoms. The highest BCUT2D eigenvalue weighted by Crippen LogP contribution is 2.25. The third-order valence-electron chi connectivity index (χ3n) is 3.70. The standard InChI is InChI=1S/C18H20O2/c1-11-6-7-15(8-12(11)2)17(19)16-9-13(3)18(20-5)14(4)10-16/h6-10H,1-5H3. The Bertz CT molecular complexity index is 646. The first-order valence-corrected chi connectivity index (χ1v) is 6.71. The summed E-state index contributed by atoms with van der Waals surface area (Å²) < 4.78 is 5.34. The molecule has 0 aliphatic heterocycles. The van der Waals surface area contributed by atoms with Gasteiger partial charge in [0.25, 0.3) is 0 Å². The maximum Gasteiger partial charge on any atom is 0.193 e. The van der Waals surface area contributed by atoms with Gasteiger partial charge in [-0.25, -0.2) is 0 Å². The van der Waals surface area contributed by atoms with Crippen molar-refractivity contribution in [3.8, 4) is 5.75 Å². The summed E-state index contributed by atoms with van der Waals surface area (Å²) >= 11 is 0. The summed E-state index contributed by atoms with van der Waals surface area (Å²) in [5, 5.41) is 0. The van der Waals surface area contributed by atoms with Crippen LogP contribution in [0.4, 0.5) is 0 Å². The Morgan fingerprint density at radius 3 is 1.85 bits per heavy atom. The molecule has 0 bridgehead atoms. The van der Waals surface area contributed by atoms with Gasteiger partial charge >= 0.3 is 0 Å². The number of hydrogen-bond acceptors (Lipinski definition) is 2. The van der Waals surface area contributed by atoms with E-state index in [9.17, 15) is 4.79 Å². The zero-order valence-electron chi connectivity index (χ0n) is 12.7. The smallest absolute Gasteiger partial charge is 0.193 e. The topological polar surface area (TPSA) is 26.3 Å². The summed E-state index contributed by atoms with van der Waals surface area (Å²) in [6, 6.07) is 9.62. The van der Waals surface area contributed by atoms with Crippen LogP contribution in [0, 0.1) is 27.7 Å². The molecule has 0 aliphatic carbocycles. The van der Waals surface area contributed by atoms with Gasteiger partial charge in [-0.1, -0.05) is 12.1 Å². The summed E-state index contributed by atoms with van der Waals surface area (Å²) in [4.78, 5) is 12.6. The summed E-state index contributed by atoms with van der Waals surface area (Å²) in [6.07, 6.45) is 0. The Morgan fingerprint density at radius 2 is 1.35 bits per heavy atom. The van der Waals surface area contributed by atoms with Crippen molar-refractivity contribution in [2.24, 2.45) is 0 Å². The maximum absolute atomic E-state index is 12.6. The van der Waals surface area contributed by atoms with Crippen molar-refractivity contribution < 1.29 is 9.53 Å². The van der Waals surface area contributed by atoms with Gasteiger partial charge in [-0.05, 0) is 68.1 Å². The number of methoxy groups -OCH3 is 1. The van der Waals surface area contributed by atoms with Crippen LogP contribution in [0.3, 0.4) is 0 Å². The third kappa shape index (κ3) is 2.60. The van der Waals surface area contributed by atoms with E-state index in [0.29, 0.717) is 5.56 Å². The molecule has 0 radical (unpaired) electrons. The van der Waals surface area contributed by atoms with Crippen LogP contribution < -0.4 is 4.74 Å². The van der Waals surface area contributed by atoms with Crippen LogP contribution in [0.25, 0.3) is 0 Å². The van der Waals surface area contributed by atoms with Crippen LogP contribution in [-0.4, -0.2) is 12.9 Å². The number of rotatable bonds is 3. The molecule has 2 aromatic rings. The van der Waals surface area contributed by atoms with Crippen LogP contribution in [-0.2, 0) is 0 Å². The molecule has 0 saturated heterocycles. The molecular formula is C18H20O2. The molecule has 104 valence electrons. The number of hydrogen-bond donors (Lipinski definition) is 0. The first kappa shape index (κ1) is 14.3. The molecule has 0 atom stereocenters. The van der Waals surface area contributed by atoms with E-state index in [-0.39, 0.29) is 5.78 Å². The average molecular weight is 268 g/mol. The molecule has 0 saturated carbocycles. The second-order valence-corrected chi connectivity index (χ2v) is 5.27. The van der Waals surface area contributed by atoms with Gasteiger partial charge in [-0.2, -0.15) is 0 Å². The SMILES string of the molecule is COc1c(C)cc(C(=O)c2ccc(C)c(C)c2)cc1C. The van der Waals surface area contributed by atoms with Crippen molar-refractivity contribution in [3.63, 3.8) is 0 Å². The van der Waals surface area contributed by atoms with Crippen LogP contribution in [0.2, 0.25) is 0 Å². The summed E-state index contributed by atoms with van der Waals surface area (Å²) in [6.45, 7) is 7.99. The van der Waals surface area contributed by atoms with E-state index in [0.717, 1.165) is 28.0 Å². The molecule has 0 heterocycles. The van der Waals surface area contributed by atoms with Gasteiger partial charge in [0.2, 0.25) is 0 Å². The zero-order valence-corrected chi connectivity index (χ0v) is 12.7. The quantitative estimate of drug-likeness (QED) is 0.781. The van der Waals surface area contributed by atoms with Gasteiger partial charge in [0, 0.05) is 11.1 Å². The van der Waals surface area contributed by atoms with Crippen molar-refractivity contribution in [3.05, 3.63) is 63.7 Å². The second kappa shape index (κ2) is 5.49. The van der Waals surface area contributed by atoms with Gasteiger partial charge in [0.05, 0.1) is 7.11 Å². The zero-order chi connectivity index (χ0) is 14.9. The number of ether oxygens (including phenoxy) is 1. The molecular weight excluding hydrogens is 248 g/mol. The van der Waals surface area contributed by atoms with Gasteiger partial charge in [-0.3, -0.25) is 4.79 Å². The summed E-state index contributed by atoms with van der Waals surface area (Å²) in [5.74, 6) is 0.906. The van der Waals surface area contributed by atoms with Crippen LogP contribution in [0.1, 0.15) is 38.2 Å². The Balaban J connectivity index is 2.45. The van der Waals surface area contributed by atoms with Gasteiger partial charge < -0.3 is 4.74 Å². The Labute approximate surface area is 120 Å². The van der Waals surface area contributed by atoms with E-state index in [2.05, 4.69) is 0 Å². The fourth-order valence-electron chi connectivity index (χ4n) is 2.45. The normalized spacial score (nSPS) is 10.4. The number of aryl methyl sites for hydroxylation is 4. The maximum atomic E-state index is 12.6. The van der Waals surface area contributed by atoms with Crippen molar-refractivity contribution in [2.75, 3.05) is 7.11 Å². The van der Waals surface area contributed by atoms with Crippen molar-refractivity contribution in [1.29, 1.82) is 0 Å². The van der Waals surface area contributed by atoms with E-state index in [1.807, 2.05) is 58.0 Å². The first-order chi connectivity index (χ1) is 9.43. The molecule has 2 nitrogen and oxygen atoms in total. The van der Waals surface area contributed by atoms with E-state index in [1.165, 1.54) is 5.56 Å². The lowest BCUT2D eigenvalue weighted by molar-refractivity contribution is 0.103. The van der Waals surface area contributed by atoms with Gasteiger partial charge in [0.1, 0.15) is 5.75 Å². The lowest BCUT2D eigenvalue weighted by atomic mass is 9.96. The minimum atomic E-state index is 0.0574. The molecule has 2 rings (SSSR count). The fourth-order valence-corrected chi connectivity index (χ4v) is 2.45. The average Bonchev–Trinajstić information content (AvgIpc) is 2.40. The van der Waals surface area contributed by atoms with Crippen LogP contribution >= 0.6 is 0 Å². The van der Waals surface area contributed by atoms with Crippen molar-refractivity contribution in [2.45, 2.75) is 27.7 Å². The predicted molar refractivity (Wildman–Crippen MR) is 81.8 cm³/mol. The minimum Gasteiger partial charge on any atom is -0.496 e. The number of ketones is 1.